The molecule has 27 heavy (non-hydrogen) atoms. The summed E-state index contributed by atoms with van der Waals surface area (Å²) in [5.74, 6) is -2.48. The molecular weight excluding hydrogens is 352 g/mol. The third kappa shape index (κ3) is 5.70. The number of rotatable bonds is 7. The van der Waals surface area contributed by atoms with Crippen LogP contribution in [0.25, 0.3) is 0 Å². The minimum Gasteiger partial charge on any atom is -0.504 e. The van der Waals surface area contributed by atoms with Crippen molar-refractivity contribution in [2.45, 2.75) is 31.3 Å². The summed E-state index contributed by atoms with van der Waals surface area (Å²) in [4.78, 5) is 24.1. The van der Waals surface area contributed by atoms with Gasteiger partial charge in [0.1, 0.15) is 5.54 Å². The molecule has 8 N–H and O–H groups in total. The molecule has 0 heterocycles. The molecule has 0 aliphatic carbocycles. The van der Waals surface area contributed by atoms with E-state index in [1.54, 1.807) is 0 Å². The van der Waals surface area contributed by atoms with Crippen LogP contribution < -0.4 is 11.1 Å². The Kier molecular flexibility index (Phi) is 7.33. The van der Waals surface area contributed by atoms with Crippen LogP contribution in [-0.2, 0) is 22.4 Å². The Morgan fingerprint density at radius 3 is 2.26 bits per heavy atom. The monoisotopic (exact) mass is 376 g/mol. The van der Waals surface area contributed by atoms with Gasteiger partial charge in [0.05, 0.1) is 6.04 Å². The minimum atomic E-state index is -1.62. The van der Waals surface area contributed by atoms with Gasteiger partial charge in [-0.05, 0) is 36.6 Å². The number of carbonyl (C=O) groups is 2. The van der Waals surface area contributed by atoms with Crippen LogP contribution in [-0.4, -0.2) is 44.3 Å². The van der Waals surface area contributed by atoms with Crippen LogP contribution in [0, 0.1) is 0 Å². The third-order valence-electron chi connectivity index (χ3n) is 4.10. The summed E-state index contributed by atoms with van der Waals surface area (Å²) in [6.45, 7) is 1.37. The van der Waals surface area contributed by atoms with E-state index in [4.69, 9.17) is 5.73 Å². The zero-order valence-corrected chi connectivity index (χ0v) is 14.8. The van der Waals surface area contributed by atoms with Crippen molar-refractivity contribution >= 4 is 11.9 Å². The number of phenolic OH excluding ortho intramolecular Hbond substituents is 2. The number of aliphatic carboxylic acids is 1. The van der Waals surface area contributed by atoms with Gasteiger partial charge in [0.2, 0.25) is 5.91 Å². The second-order valence-electron chi connectivity index (χ2n) is 6.42. The summed E-state index contributed by atoms with van der Waals surface area (Å²) < 4.78 is 0. The molecule has 2 atom stereocenters. The van der Waals surface area contributed by atoms with E-state index in [0.29, 0.717) is 5.56 Å². The number of benzene rings is 2. The molecular formula is C19H24N2O6. The molecule has 8 heteroatoms. The summed E-state index contributed by atoms with van der Waals surface area (Å²) in [5, 5.41) is 31.0. The van der Waals surface area contributed by atoms with Crippen molar-refractivity contribution in [2.24, 2.45) is 5.73 Å². The number of nitrogens with two attached hydrogens (primary N) is 1. The van der Waals surface area contributed by atoms with E-state index in [-0.39, 0.29) is 29.8 Å². The Hall–Kier alpha value is -3.10. The lowest BCUT2D eigenvalue weighted by Crippen LogP contribution is -2.58. The van der Waals surface area contributed by atoms with Crippen molar-refractivity contribution in [2.75, 3.05) is 0 Å². The fourth-order valence-electron chi connectivity index (χ4n) is 2.59. The third-order valence-corrected chi connectivity index (χ3v) is 4.10. The van der Waals surface area contributed by atoms with Crippen LogP contribution in [0.5, 0.6) is 11.5 Å². The first-order chi connectivity index (χ1) is 12.2. The van der Waals surface area contributed by atoms with Gasteiger partial charge in [0, 0.05) is 6.42 Å². The van der Waals surface area contributed by atoms with Crippen LogP contribution in [0.15, 0.2) is 48.5 Å². The first-order valence-electron chi connectivity index (χ1n) is 8.07. The van der Waals surface area contributed by atoms with Gasteiger partial charge in [-0.1, -0.05) is 36.4 Å². The number of carbonyl (C=O) groups excluding carboxylic acids is 1. The summed E-state index contributed by atoms with van der Waals surface area (Å²) in [7, 11) is 0. The molecule has 0 saturated heterocycles. The van der Waals surface area contributed by atoms with Gasteiger partial charge in [0.15, 0.2) is 11.5 Å². The molecule has 1 amide bonds. The second kappa shape index (κ2) is 9.02. The average molecular weight is 376 g/mol. The quantitative estimate of drug-likeness (QED) is 0.437. The summed E-state index contributed by atoms with van der Waals surface area (Å²) in [5.41, 5.74) is 5.62. The molecule has 0 radical (unpaired) electrons. The first kappa shape index (κ1) is 21.9. The maximum atomic E-state index is 12.4. The molecule has 8 nitrogen and oxygen atoms in total. The highest BCUT2D eigenvalue weighted by atomic mass is 16.4. The molecule has 0 bridgehead atoms. The zero-order chi connectivity index (χ0) is 19.3. The van der Waals surface area contributed by atoms with E-state index in [9.17, 15) is 24.9 Å². The lowest BCUT2D eigenvalue weighted by molar-refractivity contribution is -0.147. The van der Waals surface area contributed by atoms with Crippen molar-refractivity contribution in [1.82, 2.24) is 5.32 Å². The van der Waals surface area contributed by atoms with Crippen molar-refractivity contribution in [3.8, 4) is 11.5 Å². The number of hydrogen-bond acceptors (Lipinski definition) is 5. The van der Waals surface area contributed by atoms with Crippen LogP contribution in [0.4, 0.5) is 0 Å². The van der Waals surface area contributed by atoms with E-state index < -0.39 is 23.5 Å². The van der Waals surface area contributed by atoms with E-state index >= 15 is 0 Å². The molecule has 2 aromatic carbocycles. The Morgan fingerprint density at radius 1 is 1.07 bits per heavy atom. The first-order valence-corrected chi connectivity index (χ1v) is 8.07. The fraction of sp³-hybridized carbons (Fsp3) is 0.263. The predicted octanol–water partition coefficient (Wildman–Crippen LogP) is 0.345. The predicted molar refractivity (Wildman–Crippen MR) is 99.4 cm³/mol. The van der Waals surface area contributed by atoms with Gasteiger partial charge < -0.3 is 31.8 Å². The van der Waals surface area contributed by atoms with Gasteiger partial charge in [-0.3, -0.25) is 4.79 Å². The number of carboxylic acids is 1. The number of aromatic hydroxyl groups is 2. The van der Waals surface area contributed by atoms with Crippen LogP contribution in [0.3, 0.4) is 0 Å². The topological polar surface area (TPSA) is 164 Å². The highest BCUT2D eigenvalue weighted by molar-refractivity contribution is 5.89. The van der Waals surface area contributed by atoms with Gasteiger partial charge in [-0.15, -0.1) is 0 Å². The van der Waals surface area contributed by atoms with Gasteiger partial charge in [0.25, 0.3) is 0 Å². The fourth-order valence-corrected chi connectivity index (χ4v) is 2.59. The lowest BCUT2D eigenvalue weighted by Gasteiger charge is -2.28. The molecule has 0 spiro atoms. The van der Waals surface area contributed by atoms with Crippen LogP contribution in [0.2, 0.25) is 0 Å². The Labute approximate surface area is 156 Å². The minimum absolute atomic E-state index is 0. The Balaban J connectivity index is 0.00000364. The number of phenols is 2. The van der Waals surface area contributed by atoms with E-state index in [1.165, 1.54) is 25.1 Å². The smallest absolute Gasteiger partial charge is 0.329 e. The van der Waals surface area contributed by atoms with Gasteiger partial charge in [-0.2, -0.15) is 0 Å². The highest BCUT2D eigenvalue weighted by Gasteiger charge is 2.36. The number of hydrogen-bond donors (Lipinski definition) is 5. The number of amides is 1. The lowest BCUT2D eigenvalue weighted by atomic mass is 9.91. The normalized spacial score (nSPS) is 13.7. The van der Waals surface area contributed by atoms with Crippen molar-refractivity contribution in [1.29, 1.82) is 0 Å². The maximum Gasteiger partial charge on any atom is 0.329 e. The largest absolute Gasteiger partial charge is 0.504 e. The molecule has 2 aromatic rings. The Bertz CT molecular complexity index is 796. The van der Waals surface area contributed by atoms with Crippen LogP contribution >= 0.6 is 0 Å². The standard InChI is InChI=1S/C19H22N2O5.H2O/c1-19(18(25)26,11-13-7-8-15(22)16(23)10-13)21-17(24)14(20)9-12-5-3-2-4-6-12;/h2-8,10,14,22-23H,9,11,20H2,1H3,(H,21,24)(H,25,26);1H2/t14-,19-;/m0./s1. The molecule has 0 aliphatic rings. The van der Waals surface area contributed by atoms with E-state index in [0.717, 1.165) is 5.56 Å². The SMILES string of the molecule is C[C@@](Cc1ccc(O)c(O)c1)(NC(=O)[C@@H](N)Cc1ccccc1)C(=O)O.O. The average Bonchev–Trinajstić information content (AvgIpc) is 2.58. The van der Waals surface area contributed by atoms with E-state index in [1.807, 2.05) is 30.3 Å². The molecule has 0 fully saturated rings. The molecule has 0 saturated carbocycles. The molecule has 146 valence electrons. The van der Waals surface area contributed by atoms with E-state index in [2.05, 4.69) is 5.32 Å². The number of nitrogens with one attached hydrogen (secondary N) is 1. The van der Waals surface area contributed by atoms with Crippen molar-refractivity contribution in [3.05, 3.63) is 59.7 Å². The Morgan fingerprint density at radius 2 is 1.70 bits per heavy atom. The van der Waals surface area contributed by atoms with Crippen molar-refractivity contribution in [3.63, 3.8) is 0 Å². The number of carboxylic acid groups (broad SMARTS) is 1. The molecule has 0 unspecified atom stereocenters. The van der Waals surface area contributed by atoms with Gasteiger partial charge >= 0.3 is 5.97 Å². The summed E-state index contributed by atoms with van der Waals surface area (Å²) in [6, 6.07) is 12.3. The van der Waals surface area contributed by atoms with Crippen molar-refractivity contribution < 1.29 is 30.4 Å². The molecule has 0 aromatic heterocycles. The van der Waals surface area contributed by atoms with Gasteiger partial charge in [-0.25, -0.2) is 4.79 Å². The second-order valence-corrected chi connectivity index (χ2v) is 6.42. The molecule has 0 aliphatic heterocycles. The zero-order valence-electron chi connectivity index (χ0n) is 14.8. The van der Waals surface area contributed by atoms with Crippen LogP contribution in [0.1, 0.15) is 18.1 Å². The maximum absolute atomic E-state index is 12.4. The summed E-state index contributed by atoms with van der Waals surface area (Å²) >= 11 is 0. The summed E-state index contributed by atoms with van der Waals surface area (Å²) in [6.07, 6.45) is 0.197. The highest BCUT2D eigenvalue weighted by Crippen LogP contribution is 2.27. The molecule has 2 rings (SSSR count).